The Labute approximate surface area is 64.1 Å². The summed E-state index contributed by atoms with van der Waals surface area (Å²) in [7, 11) is 0. The Balaban J connectivity index is 4.64. The summed E-state index contributed by atoms with van der Waals surface area (Å²) in [5.41, 5.74) is 0. The van der Waals surface area contributed by atoms with Crippen LogP contribution in [0.5, 0.6) is 0 Å². The van der Waals surface area contributed by atoms with Gasteiger partial charge in [-0.15, -0.1) is 0 Å². The lowest BCUT2D eigenvalue weighted by molar-refractivity contribution is -0.278. The molecule has 0 bridgehead atoms. The second-order valence-electron chi connectivity index (χ2n) is 1.88. The van der Waals surface area contributed by atoms with Gasteiger partial charge in [0.25, 0.3) is 0 Å². The third-order valence-corrected chi connectivity index (χ3v) is 0.895. The van der Waals surface area contributed by atoms with Crippen LogP contribution in [-0.2, 0) is 0 Å². The van der Waals surface area contributed by atoms with Crippen LogP contribution in [-0.4, -0.2) is 18.2 Å². The summed E-state index contributed by atoms with van der Waals surface area (Å²) < 4.78 is 69.5. The minimum absolute atomic E-state index is 0.592. The van der Waals surface area contributed by atoms with Crippen LogP contribution in [0.3, 0.4) is 0 Å². The quantitative estimate of drug-likeness (QED) is 0.363. The van der Waals surface area contributed by atoms with Crippen molar-refractivity contribution in [1.82, 2.24) is 0 Å². The van der Waals surface area contributed by atoms with Gasteiger partial charge < -0.3 is 0 Å². The third-order valence-electron chi connectivity index (χ3n) is 0.895. The van der Waals surface area contributed by atoms with E-state index in [4.69, 9.17) is 0 Å². The smallest absolute Gasteiger partial charge is 0.190 e. The van der Waals surface area contributed by atoms with Gasteiger partial charge in [-0.25, -0.2) is 0 Å². The maximum atomic E-state index is 11.9. The van der Waals surface area contributed by atoms with Crippen molar-refractivity contribution in [3.8, 4) is 0 Å². The highest BCUT2D eigenvalue weighted by Crippen LogP contribution is 2.36. The summed E-state index contributed by atoms with van der Waals surface area (Å²) >= 11 is 0. The molecule has 0 aliphatic heterocycles. The number of alkyl halides is 5. The monoisotopic (exact) mass is 193 g/mol. The van der Waals surface area contributed by atoms with Gasteiger partial charge in [0.2, 0.25) is 0 Å². The van der Waals surface area contributed by atoms with Crippen LogP contribution in [0.25, 0.3) is 0 Å². The largest absolute Gasteiger partial charge is 0.477 e. The number of aliphatic imine (C=N–C) groups is 1. The first-order valence-electron chi connectivity index (χ1n) is 2.89. The molecule has 0 atom stereocenters. The van der Waals surface area contributed by atoms with E-state index in [1.165, 1.54) is 0 Å². The lowest BCUT2D eigenvalue weighted by Crippen LogP contribution is -2.34. The average molecular weight is 193 g/mol. The van der Waals surface area contributed by atoms with Crippen molar-refractivity contribution in [3.05, 3.63) is 0 Å². The van der Waals surface area contributed by atoms with Gasteiger partial charge in [0.05, 0.1) is 0 Å². The Morgan fingerprint density at radius 3 is 1.83 bits per heavy atom. The first-order chi connectivity index (χ1) is 5.20. The molecule has 7 heteroatoms. The average Bonchev–Trinajstić information content (AvgIpc) is 1.84. The summed E-state index contributed by atoms with van der Waals surface area (Å²) in [5, 5.41) is 0. The van der Waals surface area contributed by atoms with Crippen molar-refractivity contribution in [2.45, 2.75) is 25.6 Å². The molecule has 0 amide bonds. The Morgan fingerprint density at radius 1 is 1.17 bits per heavy atom. The van der Waals surface area contributed by atoms with E-state index in [1.807, 2.05) is 0 Å². The number of halogens is 6. The SMILES string of the molecule is CCC(F)=NC(F)(F)C(F)(F)F. The molecule has 0 aromatic carbocycles. The second kappa shape index (κ2) is 3.32. The van der Waals surface area contributed by atoms with Crippen LogP contribution in [0.4, 0.5) is 26.3 Å². The van der Waals surface area contributed by atoms with Crippen LogP contribution in [0.2, 0.25) is 0 Å². The Bertz CT molecular complexity index is 181. The molecular weight excluding hydrogens is 188 g/mol. The van der Waals surface area contributed by atoms with Crippen LogP contribution in [0.15, 0.2) is 4.99 Å². The van der Waals surface area contributed by atoms with Gasteiger partial charge in [-0.05, 0) is 0 Å². The molecule has 0 heterocycles. The fraction of sp³-hybridized carbons (Fsp3) is 0.800. The van der Waals surface area contributed by atoms with Gasteiger partial charge in [0.1, 0.15) is 0 Å². The molecule has 0 saturated heterocycles. The predicted octanol–water partition coefficient (Wildman–Crippen LogP) is 2.92. The maximum Gasteiger partial charge on any atom is 0.477 e. The van der Waals surface area contributed by atoms with Crippen LogP contribution in [0.1, 0.15) is 13.3 Å². The first kappa shape index (κ1) is 11.2. The summed E-state index contributed by atoms with van der Waals surface area (Å²) in [6, 6.07) is -5.33. The zero-order valence-electron chi connectivity index (χ0n) is 5.92. The number of hydrogen-bond acceptors (Lipinski definition) is 1. The number of nitrogens with zero attached hydrogens (tertiary/aromatic N) is 1. The highest BCUT2D eigenvalue weighted by molar-refractivity contribution is 5.74. The first-order valence-corrected chi connectivity index (χ1v) is 2.89. The van der Waals surface area contributed by atoms with Crippen molar-refractivity contribution in [2.75, 3.05) is 0 Å². The summed E-state index contributed by atoms with van der Waals surface area (Å²) in [5.74, 6) is -1.72. The van der Waals surface area contributed by atoms with E-state index < -0.39 is 24.6 Å². The molecule has 0 aromatic heterocycles. The molecule has 1 nitrogen and oxygen atoms in total. The molecule has 0 rings (SSSR count). The minimum atomic E-state index is -5.83. The Kier molecular flexibility index (Phi) is 3.11. The molecule has 0 saturated carbocycles. The standard InChI is InChI=1S/C5H5F6N/c1-2-3(6)12-5(10,11)4(7,8)9/h2H2,1H3. The van der Waals surface area contributed by atoms with Crippen LogP contribution >= 0.6 is 0 Å². The van der Waals surface area contributed by atoms with E-state index in [-0.39, 0.29) is 0 Å². The van der Waals surface area contributed by atoms with E-state index >= 15 is 0 Å². The molecular formula is C5H5F6N. The van der Waals surface area contributed by atoms with E-state index in [0.29, 0.717) is 0 Å². The highest BCUT2D eigenvalue weighted by atomic mass is 19.4. The lowest BCUT2D eigenvalue weighted by Gasteiger charge is -2.14. The predicted molar refractivity (Wildman–Crippen MR) is 29.8 cm³/mol. The van der Waals surface area contributed by atoms with Gasteiger partial charge >= 0.3 is 12.2 Å². The number of hydrogen-bond donors (Lipinski definition) is 0. The third kappa shape index (κ3) is 2.71. The molecule has 0 unspecified atom stereocenters. The topological polar surface area (TPSA) is 12.4 Å². The summed E-state index contributed by atoms with van der Waals surface area (Å²) in [4.78, 5) is 1.59. The lowest BCUT2D eigenvalue weighted by atomic mass is 10.5. The van der Waals surface area contributed by atoms with Crippen LogP contribution in [0, 0.1) is 0 Å². The maximum absolute atomic E-state index is 11.9. The van der Waals surface area contributed by atoms with Crippen molar-refractivity contribution >= 4 is 5.97 Å². The van der Waals surface area contributed by atoms with Gasteiger partial charge in [-0.1, -0.05) is 6.92 Å². The zero-order chi connectivity index (χ0) is 9.99. The van der Waals surface area contributed by atoms with E-state index in [2.05, 4.69) is 0 Å². The number of rotatable bonds is 2. The Hall–Kier alpha value is -0.750. The van der Waals surface area contributed by atoms with Crippen molar-refractivity contribution < 1.29 is 26.3 Å². The van der Waals surface area contributed by atoms with Gasteiger partial charge in [-0.3, -0.25) is 0 Å². The summed E-state index contributed by atoms with van der Waals surface area (Å²) in [6.45, 7) is 1.07. The van der Waals surface area contributed by atoms with Crippen molar-refractivity contribution in [3.63, 3.8) is 0 Å². The molecule has 0 N–H and O–H groups in total. The fourth-order valence-corrected chi connectivity index (χ4v) is 0.295. The zero-order valence-corrected chi connectivity index (χ0v) is 5.92. The van der Waals surface area contributed by atoms with Gasteiger partial charge in [0.15, 0.2) is 5.97 Å². The minimum Gasteiger partial charge on any atom is -0.190 e. The van der Waals surface area contributed by atoms with E-state index in [9.17, 15) is 26.3 Å². The molecule has 12 heavy (non-hydrogen) atoms. The van der Waals surface area contributed by atoms with Gasteiger partial charge in [-0.2, -0.15) is 31.3 Å². The molecule has 0 fully saturated rings. The molecule has 0 spiro atoms. The second-order valence-corrected chi connectivity index (χ2v) is 1.88. The Morgan fingerprint density at radius 2 is 1.58 bits per heavy atom. The normalized spacial score (nSPS) is 15.1. The molecule has 72 valence electrons. The van der Waals surface area contributed by atoms with Gasteiger partial charge in [0, 0.05) is 6.42 Å². The van der Waals surface area contributed by atoms with Crippen molar-refractivity contribution in [2.24, 2.45) is 4.99 Å². The molecule has 0 aromatic rings. The van der Waals surface area contributed by atoms with E-state index in [0.717, 1.165) is 6.92 Å². The van der Waals surface area contributed by atoms with Crippen molar-refractivity contribution in [1.29, 1.82) is 0 Å². The molecule has 0 aliphatic rings. The molecule has 0 aliphatic carbocycles. The van der Waals surface area contributed by atoms with E-state index in [1.54, 1.807) is 4.99 Å². The summed E-state index contributed by atoms with van der Waals surface area (Å²) in [6.07, 6.45) is -6.43. The molecule has 0 radical (unpaired) electrons. The fourth-order valence-electron chi connectivity index (χ4n) is 0.295. The highest BCUT2D eigenvalue weighted by Gasteiger charge is 2.58. The van der Waals surface area contributed by atoms with Crippen LogP contribution < -0.4 is 0 Å².